The average Bonchev–Trinajstić information content (AvgIpc) is 1.87. The standard InChI is InChI=1S/C22H36N4O4S.C17H22N2O6S.C10H8BrNO2.C9H20N2O4S/c1-4-30-19-7-5-18(6-8-19)26-15-17-13-22(2,3)20(26)16-25(14-17)21(27)24-10-12-31(28,29)11-9-23;1-17(2,3)25-16(22)18-8-10-26(23,24)11-9-19-14(20)12-6-4-5-7-13(12)15(19)21;11-5-6-12-9(13)7-3-1-2-4-8(7)10(12)14;1-9(2,3)15-8(12)11-5-7-16(13,14)6-4-10/h5-8,17,20H,4,9-16,23H2,1-3H3,(H,24,27);4-7H,8-11H2,1-3H3,(H,18,22);1-4H,5-6H2;4-7,10H2,1-3H3,(H,11,12)/t17-,20-;;;/m1.../s1. The lowest BCUT2D eigenvalue weighted by molar-refractivity contribution is 0.0519. The Balaban J connectivity index is 0.000000261. The molecular formula is C58H86BrN9O16S3. The topological polar surface area (TPSA) is 351 Å². The van der Waals surface area contributed by atoms with Gasteiger partial charge in [-0.1, -0.05) is 54.0 Å². The number of alkyl carbamates (subject to hydrolysis) is 2. The Morgan fingerprint density at radius 1 is 0.586 bits per heavy atom. The monoisotopic (exact) mass is 1340 g/mol. The van der Waals surface area contributed by atoms with Crippen LogP contribution in [0.2, 0.25) is 0 Å². The molecule has 5 aliphatic rings. The number of halogens is 1. The number of nitrogens with one attached hydrogen (secondary N) is 3. The molecule has 5 aliphatic heterocycles. The van der Waals surface area contributed by atoms with E-state index in [1.54, 1.807) is 77.9 Å². The summed E-state index contributed by atoms with van der Waals surface area (Å²) in [5, 5.41) is 8.15. The number of benzene rings is 3. The number of rotatable bonds is 21. The fraction of sp³-hybridized carbons (Fsp3) is 0.569. The van der Waals surface area contributed by atoms with Crippen LogP contribution in [0.5, 0.6) is 5.75 Å². The minimum atomic E-state index is -3.56. The Kier molecular flexibility index (Phi) is 27.0. The number of anilines is 1. The van der Waals surface area contributed by atoms with Crippen molar-refractivity contribution in [1.29, 1.82) is 0 Å². The summed E-state index contributed by atoms with van der Waals surface area (Å²) in [6, 6.07) is 21.4. The largest absolute Gasteiger partial charge is 0.494 e. The number of carbonyl (C=O) groups is 7. The Hall–Kier alpha value is -6.40. The molecule has 2 atom stereocenters. The van der Waals surface area contributed by atoms with Crippen LogP contribution in [0.15, 0.2) is 72.8 Å². The molecule has 7 N–H and O–H groups in total. The van der Waals surface area contributed by atoms with Crippen LogP contribution >= 0.6 is 15.9 Å². The molecule has 3 aromatic rings. The van der Waals surface area contributed by atoms with E-state index in [4.69, 9.17) is 25.7 Å². The third kappa shape index (κ3) is 23.2. The molecule has 25 nitrogen and oxygen atoms in total. The Bertz CT molecular complexity index is 3160. The van der Waals surface area contributed by atoms with Gasteiger partial charge in [0.15, 0.2) is 29.5 Å². The lowest BCUT2D eigenvalue weighted by atomic mass is 9.73. The molecule has 484 valence electrons. The van der Waals surface area contributed by atoms with Crippen LogP contribution in [0.4, 0.5) is 20.1 Å². The van der Waals surface area contributed by atoms with E-state index in [2.05, 4.69) is 62.8 Å². The summed E-state index contributed by atoms with van der Waals surface area (Å²) in [6.45, 7) is 20.1. The molecule has 29 heteroatoms. The number of sulfone groups is 3. The number of amides is 8. The molecule has 3 fully saturated rings. The Labute approximate surface area is 520 Å². The first-order valence-electron chi connectivity index (χ1n) is 28.5. The van der Waals surface area contributed by atoms with Gasteiger partial charge in [-0.25, -0.2) is 39.6 Å². The predicted octanol–water partition coefficient (Wildman–Crippen LogP) is 4.49. The number of piperidine rings is 1. The van der Waals surface area contributed by atoms with Gasteiger partial charge in [-0.3, -0.25) is 29.0 Å². The Morgan fingerprint density at radius 3 is 1.38 bits per heavy atom. The van der Waals surface area contributed by atoms with E-state index in [-0.39, 0.29) is 114 Å². The summed E-state index contributed by atoms with van der Waals surface area (Å²) in [7, 11) is -9.95. The molecule has 0 aromatic heterocycles. The number of hydrogen-bond acceptors (Lipinski definition) is 19. The molecule has 5 heterocycles. The minimum absolute atomic E-state index is 0.0389. The van der Waals surface area contributed by atoms with Crippen molar-refractivity contribution < 1.29 is 73.0 Å². The van der Waals surface area contributed by atoms with Gasteiger partial charge in [-0.05, 0) is 115 Å². The molecule has 0 aliphatic carbocycles. The third-order valence-corrected chi connectivity index (χ3v) is 18.9. The zero-order valence-corrected chi connectivity index (χ0v) is 55.1. The number of carbonyl (C=O) groups excluding carboxylic acids is 7. The van der Waals surface area contributed by atoms with Crippen molar-refractivity contribution in [2.45, 2.75) is 86.0 Å². The maximum Gasteiger partial charge on any atom is 0.407 e. The van der Waals surface area contributed by atoms with E-state index in [0.29, 0.717) is 48.6 Å². The first kappa shape index (κ1) is 73.1. The van der Waals surface area contributed by atoms with Crippen LogP contribution in [0.1, 0.15) is 110 Å². The summed E-state index contributed by atoms with van der Waals surface area (Å²) >= 11 is 3.21. The molecule has 0 saturated carbocycles. The third-order valence-electron chi connectivity index (χ3n) is 13.6. The molecular weight excluding hydrogens is 1250 g/mol. The molecule has 0 unspecified atom stereocenters. The number of imide groups is 2. The highest BCUT2D eigenvalue weighted by Crippen LogP contribution is 2.43. The van der Waals surface area contributed by atoms with Crippen molar-refractivity contribution in [2.24, 2.45) is 22.8 Å². The molecule has 8 amide bonds. The first-order valence-corrected chi connectivity index (χ1v) is 35.1. The van der Waals surface area contributed by atoms with Gasteiger partial charge < -0.3 is 51.4 Å². The van der Waals surface area contributed by atoms with Crippen molar-refractivity contribution in [3.63, 3.8) is 0 Å². The highest BCUT2D eigenvalue weighted by atomic mass is 79.9. The number of urea groups is 1. The highest BCUT2D eigenvalue weighted by Gasteiger charge is 2.47. The van der Waals surface area contributed by atoms with Crippen molar-refractivity contribution in [3.05, 3.63) is 95.1 Å². The van der Waals surface area contributed by atoms with E-state index in [1.807, 2.05) is 24.0 Å². The van der Waals surface area contributed by atoms with Crippen molar-refractivity contribution in [1.82, 2.24) is 30.7 Å². The van der Waals surface area contributed by atoms with Gasteiger partial charge in [0.1, 0.15) is 17.0 Å². The van der Waals surface area contributed by atoms with E-state index in [1.165, 1.54) is 17.0 Å². The van der Waals surface area contributed by atoms with Crippen molar-refractivity contribution in [2.75, 3.05) is 117 Å². The van der Waals surface area contributed by atoms with Crippen LogP contribution in [-0.2, 0) is 39.0 Å². The number of alkyl halides is 1. The van der Waals surface area contributed by atoms with Gasteiger partial charge >= 0.3 is 18.2 Å². The smallest absolute Gasteiger partial charge is 0.407 e. The lowest BCUT2D eigenvalue weighted by Crippen LogP contribution is -2.54. The first-order chi connectivity index (χ1) is 40.6. The summed E-state index contributed by atoms with van der Waals surface area (Å²) in [6.07, 6.45) is -0.261. The van der Waals surface area contributed by atoms with Gasteiger partial charge in [0, 0.05) is 76.5 Å². The molecule has 3 aromatic carbocycles. The SMILES string of the molecule is CC(C)(C)OC(=O)NCCS(=O)(=O)CCN.CC(C)(C)OC(=O)NCCS(=O)(=O)CCN1C(=O)c2ccccc2C1=O.CCOc1ccc(N2C[C@H]3CN(C(=O)NCCS(=O)(=O)CCN)C[C@@H]2C(C)(C)C3)cc1.O=C1c2ccccc2C(=O)N1CCBr. The van der Waals surface area contributed by atoms with E-state index in [0.717, 1.165) is 29.3 Å². The zero-order chi connectivity index (χ0) is 65.1. The van der Waals surface area contributed by atoms with Crippen LogP contribution in [0.25, 0.3) is 0 Å². The summed E-state index contributed by atoms with van der Waals surface area (Å²) in [5.41, 5.74) is 12.0. The summed E-state index contributed by atoms with van der Waals surface area (Å²) in [4.78, 5) is 89.7. The van der Waals surface area contributed by atoms with Crippen LogP contribution in [0, 0.1) is 11.3 Å². The normalized spacial score (nSPS) is 17.1. The summed E-state index contributed by atoms with van der Waals surface area (Å²) in [5.74, 6) is -1.16. The molecule has 3 saturated heterocycles. The van der Waals surface area contributed by atoms with E-state index >= 15 is 0 Å². The number of nitrogens with zero attached hydrogens (tertiary/aromatic N) is 4. The molecule has 0 spiro atoms. The Morgan fingerprint density at radius 2 is 0.989 bits per heavy atom. The van der Waals surface area contributed by atoms with Crippen LogP contribution in [0.3, 0.4) is 0 Å². The average molecular weight is 1340 g/mol. The van der Waals surface area contributed by atoms with Gasteiger partial charge in [0.25, 0.3) is 23.6 Å². The van der Waals surface area contributed by atoms with Crippen LogP contribution in [-0.4, -0.2) is 211 Å². The maximum atomic E-state index is 12.8. The second kappa shape index (κ2) is 32.2. The number of ether oxygens (including phenoxy) is 3. The molecule has 0 radical (unpaired) electrons. The second-order valence-electron chi connectivity index (χ2n) is 23.5. The van der Waals surface area contributed by atoms with Gasteiger partial charge in [-0.15, -0.1) is 0 Å². The van der Waals surface area contributed by atoms with E-state index < -0.39 is 64.7 Å². The highest BCUT2D eigenvalue weighted by molar-refractivity contribution is 9.09. The number of fused-ring (bicyclic) bond motifs is 6. The maximum absolute atomic E-state index is 12.8. The lowest BCUT2D eigenvalue weighted by Gasteiger charge is -2.48. The summed E-state index contributed by atoms with van der Waals surface area (Å²) < 4.78 is 85.9. The van der Waals surface area contributed by atoms with Gasteiger partial charge in [0.2, 0.25) is 0 Å². The molecule has 87 heavy (non-hydrogen) atoms. The van der Waals surface area contributed by atoms with Crippen molar-refractivity contribution in [3.8, 4) is 5.75 Å². The number of hydrogen-bond donors (Lipinski definition) is 5. The quantitative estimate of drug-likeness (QED) is 0.0724. The van der Waals surface area contributed by atoms with Gasteiger partial charge in [-0.2, -0.15) is 0 Å². The molecule has 2 bridgehead atoms. The fourth-order valence-corrected chi connectivity index (χ4v) is 13.1. The van der Waals surface area contributed by atoms with Crippen molar-refractivity contribution >= 4 is 93.0 Å². The second-order valence-corrected chi connectivity index (χ2v) is 31.2. The van der Waals surface area contributed by atoms with Crippen LogP contribution < -0.4 is 37.1 Å². The van der Waals surface area contributed by atoms with Gasteiger partial charge in [0.05, 0.1) is 69.4 Å². The minimum Gasteiger partial charge on any atom is -0.494 e. The molecule has 8 rings (SSSR count). The predicted molar refractivity (Wildman–Crippen MR) is 336 cm³/mol. The van der Waals surface area contributed by atoms with E-state index in [9.17, 15) is 58.8 Å². The number of nitrogens with two attached hydrogens (primary N) is 2. The fourth-order valence-electron chi connectivity index (χ4n) is 9.72. The zero-order valence-electron chi connectivity index (χ0n) is 51.1.